The van der Waals surface area contributed by atoms with Crippen LogP contribution >= 0.6 is 0 Å². The fourth-order valence-electron chi connectivity index (χ4n) is 2.37. The Morgan fingerprint density at radius 2 is 1.77 bits per heavy atom. The predicted molar refractivity (Wildman–Crippen MR) is 82.2 cm³/mol. The fraction of sp³-hybridized carbons (Fsp3) is 0.375. The monoisotopic (exact) mass is 307 g/mol. The number of nitrogens with zero attached hydrogens (tertiary/aromatic N) is 1. The molecule has 1 atom stereocenters. The zero-order valence-corrected chi connectivity index (χ0v) is 13.0. The molecule has 1 unspecified atom stereocenters. The number of aromatic amines is 1. The van der Waals surface area contributed by atoms with Gasteiger partial charge in [-0.2, -0.15) is 0 Å². The average molecular weight is 307 g/mol. The molecule has 22 heavy (non-hydrogen) atoms. The van der Waals surface area contributed by atoms with Crippen LogP contribution in [0.5, 0.6) is 0 Å². The fourth-order valence-corrected chi connectivity index (χ4v) is 2.37. The first-order valence-corrected chi connectivity index (χ1v) is 7.12. The lowest BCUT2D eigenvalue weighted by Gasteiger charge is -2.17. The Morgan fingerprint density at radius 1 is 1.18 bits per heavy atom. The highest BCUT2D eigenvalue weighted by Crippen LogP contribution is 2.28. The summed E-state index contributed by atoms with van der Waals surface area (Å²) in [5.41, 5.74) is 0.302. The van der Waals surface area contributed by atoms with Gasteiger partial charge in [0.1, 0.15) is 11.6 Å². The van der Waals surface area contributed by atoms with Crippen LogP contribution in [0.2, 0.25) is 0 Å². The van der Waals surface area contributed by atoms with E-state index in [9.17, 15) is 13.6 Å². The summed E-state index contributed by atoms with van der Waals surface area (Å²) in [5, 5.41) is 2.99. The van der Waals surface area contributed by atoms with Gasteiger partial charge < -0.3 is 5.32 Å². The van der Waals surface area contributed by atoms with E-state index in [1.54, 1.807) is 13.8 Å². The van der Waals surface area contributed by atoms with E-state index >= 15 is 0 Å². The molecule has 2 N–H and O–H groups in total. The summed E-state index contributed by atoms with van der Waals surface area (Å²) >= 11 is 0. The molecule has 0 aliphatic carbocycles. The van der Waals surface area contributed by atoms with E-state index in [2.05, 4.69) is 15.3 Å². The lowest BCUT2D eigenvalue weighted by Crippen LogP contribution is -2.22. The maximum absolute atomic E-state index is 14.0. The second-order valence-corrected chi connectivity index (χ2v) is 5.58. The van der Waals surface area contributed by atoms with Crippen molar-refractivity contribution in [3.05, 3.63) is 57.0 Å². The molecule has 0 fully saturated rings. The minimum Gasteiger partial charge on any atom is -0.354 e. The zero-order valence-electron chi connectivity index (χ0n) is 13.0. The Kier molecular flexibility index (Phi) is 4.59. The Balaban J connectivity index is 2.56. The van der Waals surface area contributed by atoms with E-state index in [-0.39, 0.29) is 17.2 Å². The number of hydrogen-bond acceptors (Lipinski definition) is 3. The minimum atomic E-state index is -0.670. The largest absolute Gasteiger partial charge is 0.354 e. The lowest BCUT2D eigenvalue weighted by atomic mass is 9.94. The Hall–Kier alpha value is -2.24. The summed E-state index contributed by atoms with van der Waals surface area (Å²) < 4.78 is 27.9. The maximum Gasteiger partial charge on any atom is 0.255 e. The Morgan fingerprint density at radius 3 is 2.32 bits per heavy atom. The van der Waals surface area contributed by atoms with Crippen LogP contribution in [0.3, 0.4) is 0 Å². The molecule has 0 spiro atoms. The van der Waals surface area contributed by atoms with Crippen molar-refractivity contribution >= 4 is 5.95 Å². The van der Waals surface area contributed by atoms with Crippen molar-refractivity contribution in [2.45, 2.75) is 39.7 Å². The molecular weight excluding hydrogens is 288 g/mol. The van der Waals surface area contributed by atoms with Crippen molar-refractivity contribution in [2.24, 2.45) is 0 Å². The standard InChI is InChI=1S/C16H19F2N3O/c1-8(2)19-16-20-14(10(4)15(22)21-16)9(3)13-11(17)6-5-7-12(13)18/h5-9H,1-4H3,(H2,19,20,21,22). The number of aromatic nitrogens is 2. The summed E-state index contributed by atoms with van der Waals surface area (Å²) in [6.45, 7) is 7.03. The first-order chi connectivity index (χ1) is 10.3. The zero-order chi connectivity index (χ0) is 16.4. The lowest BCUT2D eigenvalue weighted by molar-refractivity contribution is 0.544. The molecule has 1 aromatic carbocycles. The minimum absolute atomic E-state index is 0.0687. The molecule has 0 saturated heterocycles. The van der Waals surface area contributed by atoms with Crippen molar-refractivity contribution in [2.75, 3.05) is 5.32 Å². The summed E-state index contributed by atoms with van der Waals surface area (Å²) in [6, 6.07) is 3.78. The number of benzene rings is 1. The molecule has 0 bridgehead atoms. The van der Waals surface area contributed by atoms with Crippen LogP contribution in [0.15, 0.2) is 23.0 Å². The van der Waals surface area contributed by atoms with Crippen molar-refractivity contribution in [1.82, 2.24) is 9.97 Å². The second-order valence-electron chi connectivity index (χ2n) is 5.58. The molecule has 0 saturated carbocycles. The molecule has 2 rings (SSSR count). The highest BCUT2D eigenvalue weighted by atomic mass is 19.1. The summed E-state index contributed by atoms with van der Waals surface area (Å²) in [4.78, 5) is 19.0. The van der Waals surface area contributed by atoms with Crippen LogP contribution in [0.25, 0.3) is 0 Å². The topological polar surface area (TPSA) is 57.8 Å². The number of nitrogens with one attached hydrogen (secondary N) is 2. The van der Waals surface area contributed by atoms with Gasteiger partial charge in [0.05, 0.1) is 5.69 Å². The molecule has 0 radical (unpaired) electrons. The number of H-pyrrole nitrogens is 1. The predicted octanol–water partition coefficient (Wildman–Crippen LogP) is 3.33. The third-order valence-electron chi connectivity index (χ3n) is 3.46. The van der Waals surface area contributed by atoms with Crippen LogP contribution in [-0.2, 0) is 0 Å². The van der Waals surface area contributed by atoms with Gasteiger partial charge in [0.25, 0.3) is 5.56 Å². The first-order valence-electron chi connectivity index (χ1n) is 7.12. The van der Waals surface area contributed by atoms with E-state index in [0.717, 1.165) is 0 Å². The Bertz CT molecular complexity index is 720. The van der Waals surface area contributed by atoms with Gasteiger partial charge in [0.15, 0.2) is 0 Å². The molecule has 0 aliphatic rings. The third-order valence-corrected chi connectivity index (χ3v) is 3.46. The van der Waals surface area contributed by atoms with E-state index < -0.39 is 17.6 Å². The van der Waals surface area contributed by atoms with Gasteiger partial charge >= 0.3 is 0 Å². The van der Waals surface area contributed by atoms with Crippen LogP contribution in [-0.4, -0.2) is 16.0 Å². The normalized spacial score (nSPS) is 12.5. The van der Waals surface area contributed by atoms with Gasteiger partial charge in [-0.3, -0.25) is 9.78 Å². The molecule has 118 valence electrons. The molecular formula is C16H19F2N3O. The van der Waals surface area contributed by atoms with Crippen LogP contribution in [0.4, 0.5) is 14.7 Å². The van der Waals surface area contributed by atoms with Crippen molar-refractivity contribution in [3.8, 4) is 0 Å². The van der Waals surface area contributed by atoms with E-state index in [1.165, 1.54) is 18.2 Å². The van der Waals surface area contributed by atoms with Crippen molar-refractivity contribution in [1.29, 1.82) is 0 Å². The molecule has 1 heterocycles. The summed E-state index contributed by atoms with van der Waals surface area (Å²) in [6.07, 6.45) is 0. The summed E-state index contributed by atoms with van der Waals surface area (Å²) in [7, 11) is 0. The number of anilines is 1. The molecule has 0 amide bonds. The van der Waals surface area contributed by atoms with Gasteiger partial charge in [-0.05, 0) is 32.9 Å². The molecule has 2 aromatic rings. The van der Waals surface area contributed by atoms with E-state index in [0.29, 0.717) is 17.2 Å². The van der Waals surface area contributed by atoms with E-state index in [4.69, 9.17) is 0 Å². The molecule has 4 nitrogen and oxygen atoms in total. The van der Waals surface area contributed by atoms with E-state index in [1.807, 2.05) is 13.8 Å². The number of hydrogen-bond donors (Lipinski definition) is 2. The third kappa shape index (κ3) is 3.16. The molecule has 0 aliphatic heterocycles. The second kappa shape index (κ2) is 6.25. The summed E-state index contributed by atoms with van der Waals surface area (Å²) in [5.74, 6) is -1.67. The van der Waals surface area contributed by atoms with Gasteiger partial charge in [0.2, 0.25) is 5.95 Å². The number of halogens is 2. The van der Waals surface area contributed by atoms with Crippen molar-refractivity contribution < 1.29 is 8.78 Å². The smallest absolute Gasteiger partial charge is 0.255 e. The SMILES string of the molecule is Cc1c(C(C)c2c(F)cccc2F)nc(NC(C)C)[nH]c1=O. The van der Waals surface area contributed by atoms with Gasteiger partial charge in [-0.15, -0.1) is 0 Å². The van der Waals surface area contributed by atoms with Crippen molar-refractivity contribution in [3.63, 3.8) is 0 Å². The van der Waals surface area contributed by atoms with Gasteiger partial charge in [0, 0.05) is 23.1 Å². The van der Waals surface area contributed by atoms with Gasteiger partial charge in [-0.1, -0.05) is 13.0 Å². The van der Waals surface area contributed by atoms with Gasteiger partial charge in [-0.25, -0.2) is 13.8 Å². The number of rotatable bonds is 4. The highest BCUT2D eigenvalue weighted by molar-refractivity contribution is 5.37. The Labute approximate surface area is 127 Å². The quantitative estimate of drug-likeness (QED) is 0.911. The first kappa shape index (κ1) is 16.1. The maximum atomic E-state index is 14.0. The average Bonchev–Trinajstić information content (AvgIpc) is 2.41. The van der Waals surface area contributed by atoms with Crippen LogP contribution in [0.1, 0.15) is 43.5 Å². The van der Waals surface area contributed by atoms with Crippen LogP contribution < -0.4 is 10.9 Å². The molecule has 6 heteroatoms. The van der Waals surface area contributed by atoms with Crippen LogP contribution in [0, 0.1) is 18.6 Å². The molecule has 1 aromatic heterocycles. The highest BCUT2D eigenvalue weighted by Gasteiger charge is 2.22.